The number of carbonyl (C=O) groups excluding carboxylic acids is 1. The van der Waals surface area contributed by atoms with E-state index >= 15 is 0 Å². The predicted molar refractivity (Wildman–Crippen MR) is 134 cm³/mol. The maximum absolute atomic E-state index is 12.4. The summed E-state index contributed by atoms with van der Waals surface area (Å²) in [4.78, 5) is 23.5. The molecule has 0 radical (unpaired) electrons. The topological polar surface area (TPSA) is 74.6 Å². The third-order valence-electron chi connectivity index (χ3n) is 5.88. The Kier molecular flexibility index (Phi) is 17.6. The quantitative estimate of drug-likeness (QED) is 0.115. The highest BCUT2D eigenvalue weighted by molar-refractivity contribution is 5.99. The highest BCUT2D eigenvalue weighted by atomic mass is 16.4. The lowest BCUT2D eigenvalue weighted by molar-refractivity contribution is -0.875. The van der Waals surface area contributed by atoms with Crippen molar-refractivity contribution in [2.45, 2.75) is 122 Å². The summed E-state index contributed by atoms with van der Waals surface area (Å²) in [6.45, 7) is 2.34. The van der Waals surface area contributed by atoms with Crippen LogP contribution in [0.25, 0.3) is 0 Å². The number of hydrogen-bond donors (Lipinski definition) is 2. The fraction of sp³-hybridized carbons (Fsp3) is 0.852. The van der Waals surface area contributed by atoms with E-state index in [2.05, 4.69) is 6.92 Å². The van der Waals surface area contributed by atoms with Crippen LogP contribution in [0.4, 0.5) is 0 Å². The van der Waals surface area contributed by atoms with E-state index in [1.807, 2.05) is 21.1 Å². The SMILES string of the molecule is CCCCCCCCCCCCCCCCCC=CC(=O)[C@@](O)(CC(=O)O)C[N+](C)(C)C. The average Bonchev–Trinajstić information content (AvgIpc) is 2.68. The molecule has 2 N–H and O–H groups in total. The number of aliphatic carboxylic acids is 1. The molecule has 0 unspecified atom stereocenters. The molecule has 0 saturated heterocycles. The zero-order valence-corrected chi connectivity index (χ0v) is 21.5. The molecule has 0 aromatic rings. The molecule has 0 aliphatic heterocycles. The van der Waals surface area contributed by atoms with Crippen LogP contribution in [-0.2, 0) is 9.59 Å². The van der Waals surface area contributed by atoms with Gasteiger partial charge in [-0.05, 0) is 18.9 Å². The molecule has 0 bridgehead atoms. The van der Waals surface area contributed by atoms with Gasteiger partial charge in [0.05, 0.1) is 27.6 Å². The Labute approximate surface area is 197 Å². The lowest BCUT2D eigenvalue weighted by Crippen LogP contribution is -2.54. The maximum atomic E-state index is 12.4. The highest BCUT2D eigenvalue weighted by Gasteiger charge is 2.41. The smallest absolute Gasteiger partial charge is 0.307 e. The Hall–Kier alpha value is -1.20. The second-order valence-electron chi connectivity index (χ2n) is 10.6. The van der Waals surface area contributed by atoms with Crippen molar-refractivity contribution in [2.75, 3.05) is 27.7 Å². The van der Waals surface area contributed by atoms with Gasteiger partial charge in [-0.25, -0.2) is 0 Å². The van der Waals surface area contributed by atoms with E-state index in [4.69, 9.17) is 5.11 Å². The van der Waals surface area contributed by atoms with Crippen LogP contribution < -0.4 is 0 Å². The van der Waals surface area contributed by atoms with Gasteiger partial charge in [0.25, 0.3) is 0 Å². The Morgan fingerprint density at radius 2 is 1.16 bits per heavy atom. The van der Waals surface area contributed by atoms with E-state index in [1.54, 1.807) is 6.08 Å². The van der Waals surface area contributed by atoms with Crippen molar-refractivity contribution in [2.24, 2.45) is 0 Å². The van der Waals surface area contributed by atoms with Gasteiger partial charge in [-0.2, -0.15) is 0 Å². The molecule has 5 nitrogen and oxygen atoms in total. The van der Waals surface area contributed by atoms with E-state index in [9.17, 15) is 14.7 Å². The molecule has 0 amide bonds. The lowest BCUT2D eigenvalue weighted by atomic mass is 9.92. The van der Waals surface area contributed by atoms with Crippen molar-refractivity contribution in [1.29, 1.82) is 0 Å². The number of carboxylic acids is 1. The number of unbranched alkanes of at least 4 members (excludes halogenated alkanes) is 15. The van der Waals surface area contributed by atoms with Gasteiger partial charge in [-0.3, -0.25) is 9.59 Å². The first-order chi connectivity index (χ1) is 15.1. The van der Waals surface area contributed by atoms with Crippen LogP contribution in [0.3, 0.4) is 0 Å². The Bertz CT molecular complexity index is 524. The van der Waals surface area contributed by atoms with E-state index in [-0.39, 0.29) is 6.54 Å². The molecule has 32 heavy (non-hydrogen) atoms. The van der Waals surface area contributed by atoms with Gasteiger partial charge >= 0.3 is 5.97 Å². The summed E-state index contributed by atoms with van der Waals surface area (Å²) in [6.07, 6.45) is 23.2. The summed E-state index contributed by atoms with van der Waals surface area (Å²) >= 11 is 0. The zero-order chi connectivity index (χ0) is 24.3. The van der Waals surface area contributed by atoms with E-state index in [0.29, 0.717) is 4.48 Å². The van der Waals surface area contributed by atoms with Crippen molar-refractivity contribution in [1.82, 2.24) is 0 Å². The molecular formula is C27H52NO4+. The van der Waals surface area contributed by atoms with E-state index in [1.165, 1.54) is 89.5 Å². The van der Waals surface area contributed by atoms with Gasteiger partial charge in [0.15, 0.2) is 11.4 Å². The van der Waals surface area contributed by atoms with Gasteiger partial charge in [-0.15, -0.1) is 0 Å². The van der Waals surface area contributed by atoms with Crippen LogP contribution in [0, 0.1) is 0 Å². The first-order valence-corrected chi connectivity index (χ1v) is 13.1. The van der Waals surface area contributed by atoms with Crippen molar-refractivity contribution in [3.05, 3.63) is 12.2 Å². The third kappa shape index (κ3) is 18.4. The van der Waals surface area contributed by atoms with Crippen LogP contribution in [0.15, 0.2) is 12.2 Å². The second kappa shape index (κ2) is 18.3. The summed E-state index contributed by atoms with van der Waals surface area (Å²) in [7, 11) is 5.50. The molecule has 5 heteroatoms. The standard InChI is InChI=1S/C27H51NO4/c1-5-6-7-8-9-10-11-12-13-14-15-16-17-18-19-20-21-22-25(29)27(32,23-26(30)31)24-28(2,3)4/h21-22,32H,5-20,23-24H2,1-4H3/p+1/t27-/m1/s1. The van der Waals surface area contributed by atoms with Crippen LogP contribution in [0.1, 0.15) is 116 Å². The summed E-state index contributed by atoms with van der Waals surface area (Å²) in [5.41, 5.74) is -1.85. The number of carbonyl (C=O) groups is 2. The minimum atomic E-state index is -1.85. The van der Waals surface area contributed by atoms with Gasteiger partial charge in [-0.1, -0.05) is 103 Å². The molecule has 1 atom stereocenters. The summed E-state index contributed by atoms with van der Waals surface area (Å²) < 4.78 is 0.322. The van der Waals surface area contributed by atoms with Crippen LogP contribution in [-0.4, -0.2) is 59.7 Å². The first-order valence-electron chi connectivity index (χ1n) is 13.1. The fourth-order valence-electron chi connectivity index (χ4n) is 4.23. The number of allylic oxidation sites excluding steroid dienone is 1. The monoisotopic (exact) mass is 454 g/mol. The normalized spacial score (nSPS) is 14.0. The Morgan fingerprint density at radius 3 is 1.53 bits per heavy atom. The number of quaternary nitrogens is 1. The van der Waals surface area contributed by atoms with Gasteiger partial charge in [0, 0.05) is 0 Å². The summed E-state index contributed by atoms with van der Waals surface area (Å²) in [5.74, 6) is -1.67. The molecule has 0 spiro atoms. The first kappa shape index (κ1) is 30.8. The maximum Gasteiger partial charge on any atom is 0.307 e. The molecule has 0 aliphatic rings. The molecule has 0 aromatic heterocycles. The molecule has 0 aromatic carbocycles. The third-order valence-corrected chi connectivity index (χ3v) is 5.88. The van der Waals surface area contributed by atoms with Crippen LogP contribution in [0.5, 0.6) is 0 Å². The van der Waals surface area contributed by atoms with Crippen LogP contribution >= 0.6 is 0 Å². The molecule has 0 fully saturated rings. The average molecular weight is 455 g/mol. The molecule has 0 heterocycles. The molecule has 0 aliphatic carbocycles. The molecule has 188 valence electrons. The van der Waals surface area contributed by atoms with Crippen molar-refractivity contribution in [3.63, 3.8) is 0 Å². The van der Waals surface area contributed by atoms with Gasteiger partial charge in [0.2, 0.25) is 0 Å². The second-order valence-corrected chi connectivity index (χ2v) is 10.6. The molecule has 0 saturated carbocycles. The summed E-state index contributed by atoms with van der Waals surface area (Å²) in [5, 5.41) is 19.7. The largest absolute Gasteiger partial charge is 0.481 e. The van der Waals surface area contributed by atoms with Gasteiger partial charge < -0.3 is 14.7 Å². The Morgan fingerprint density at radius 1 is 0.750 bits per heavy atom. The number of rotatable bonds is 22. The number of hydrogen-bond acceptors (Lipinski definition) is 3. The van der Waals surface area contributed by atoms with Crippen molar-refractivity contribution in [3.8, 4) is 0 Å². The highest BCUT2D eigenvalue weighted by Crippen LogP contribution is 2.18. The van der Waals surface area contributed by atoms with Crippen LogP contribution in [0.2, 0.25) is 0 Å². The minimum absolute atomic E-state index is 0.0709. The Balaban J connectivity index is 3.78. The van der Waals surface area contributed by atoms with Gasteiger partial charge in [0.1, 0.15) is 6.54 Å². The van der Waals surface area contributed by atoms with Crippen molar-refractivity contribution < 1.29 is 24.3 Å². The number of aliphatic hydroxyl groups is 1. The number of carboxylic acid groups (broad SMARTS) is 1. The molecule has 0 rings (SSSR count). The van der Waals surface area contributed by atoms with E-state index in [0.717, 1.165) is 19.3 Å². The molecular weight excluding hydrogens is 402 g/mol. The number of ketones is 1. The van der Waals surface area contributed by atoms with Crippen molar-refractivity contribution >= 4 is 11.8 Å². The van der Waals surface area contributed by atoms with E-state index < -0.39 is 23.8 Å². The fourth-order valence-corrected chi connectivity index (χ4v) is 4.23. The number of nitrogens with zero attached hydrogens (tertiary/aromatic N) is 1. The zero-order valence-electron chi connectivity index (χ0n) is 21.5. The minimum Gasteiger partial charge on any atom is -0.481 e. The lowest BCUT2D eigenvalue weighted by Gasteiger charge is -2.33. The number of likely N-dealkylation sites (N-methyl/N-ethyl adjacent to an activating group) is 1. The summed E-state index contributed by atoms with van der Waals surface area (Å²) in [6, 6.07) is 0. The predicted octanol–water partition coefficient (Wildman–Crippen LogP) is 6.29.